The Morgan fingerprint density at radius 2 is 2.20 bits per heavy atom. The van der Waals surface area contributed by atoms with E-state index in [2.05, 4.69) is 15.5 Å². The van der Waals surface area contributed by atoms with Crippen molar-refractivity contribution in [2.75, 3.05) is 5.43 Å². The van der Waals surface area contributed by atoms with Gasteiger partial charge >= 0.3 is 0 Å². The molecule has 0 aliphatic carbocycles. The van der Waals surface area contributed by atoms with Crippen LogP contribution in [0.1, 0.15) is 11.1 Å². The lowest BCUT2D eigenvalue weighted by Crippen LogP contribution is -2.08. The summed E-state index contributed by atoms with van der Waals surface area (Å²) in [6.45, 7) is 1.93. The Kier molecular flexibility index (Phi) is 3.99. The molecule has 2 heterocycles. The average molecular weight is 370 g/mol. The second-order valence-corrected chi connectivity index (χ2v) is 6.93. The normalized spacial score (nSPS) is 11.6. The summed E-state index contributed by atoms with van der Waals surface area (Å²) < 4.78 is 6.46. The molecular weight excluding hydrogens is 358 g/mol. The predicted octanol–water partition coefficient (Wildman–Crippen LogP) is 4.81. The summed E-state index contributed by atoms with van der Waals surface area (Å²) >= 11 is 7.55. The van der Waals surface area contributed by atoms with E-state index >= 15 is 0 Å². The van der Waals surface area contributed by atoms with Gasteiger partial charge < -0.3 is 4.42 Å². The van der Waals surface area contributed by atoms with Crippen LogP contribution in [-0.4, -0.2) is 11.2 Å². The molecule has 1 N–H and O–H groups in total. The third kappa shape index (κ3) is 3.01. The van der Waals surface area contributed by atoms with Gasteiger partial charge in [0.25, 0.3) is 0 Å². The van der Waals surface area contributed by atoms with Crippen LogP contribution < -0.4 is 10.9 Å². The first-order chi connectivity index (χ1) is 12.1. The summed E-state index contributed by atoms with van der Waals surface area (Å²) in [7, 11) is 0. The molecule has 124 valence electrons. The van der Waals surface area contributed by atoms with Crippen LogP contribution in [-0.2, 0) is 0 Å². The number of nitrogens with zero attached hydrogens (tertiary/aromatic N) is 2. The number of aryl methyl sites for hydroxylation is 1. The molecule has 0 aliphatic rings. The second-order valence-electron chi connectivity index (χ2n) is 5.50. The highest BCUT2D eigenvalue weighted by Crippen LogP contribution is 2.30. The Morgan fingerprint density at radius 1 is 1.32 bits per heavy atom. The lowest BCUT2D eigenvalue weighted by atomic mass is 10.1. The summed E-state index contributed by atoms with van der Waals surface area (Å²) in [6.07, 6.45) is 2.83. The summed E-state index contributed by atoms with van der Waals surface area (Å²) in [5.41, 5.74) is 5.36. The summed E-state index contributed by atoms with van der Waals surface area (Å²) in [4.78, 5) is 16.9. The highest BCUT2D eigenvalue weighted by Gasteiger charge is 2.07. The zero-order valence-corrected chi connectivity index (χ0v) is 14.7. The topological polar surface area (TPSA) is 67.5 Å². The van der Waals surface area contributed by atoms with Crippen molar-refractivity contribution in [1.29, 1.82) is 0 Å². The van der Waals surface area contributed by atoms with Gasteiger partial charge in [-0.25, -0.2) is 4.98 Å². The highest BCUT2D eigenvalue weighted by molar-refractivity contribution is 7.22. The Balaban J connectivity index is 1.63. The molecule has 0 bridgehead atoms. The monoisotopic (exact) mass is 369 g/mol. The van der Waals surface area contributed by atoms with E-state index in [1.54, 1.807) is 12.1 Å². The third-order valence-corrected chi connectivity index (χ3v) is 4.92. The minimum Gasteiger partial charge on any atom is -0.463 e. The Morgan fingerprint density at radius 3 is 3.04 bits per heavy atom. The number of benzene rings is 2. The fourth-order valence-electron chi connectivity index (χ4n) is 2.47. The maximum Gasteiger partial charge on any atom is 0.204 e. The SMILES string of the molecule is Cc1ccc2occ(C=NNc3nc4c(Cl)cccc4s3)c(=O)c2c1. The van der Waals surface area contributed by atoms with Crippen LogP contribution in [0.15, 0.2) is 57.0 Å². The molecule has 0 atom stereocenters. The summed E-state index contributed by atoms with van der Waals surface area (Å²) in [6, 6.07) is 11.1. The number of thiazole rings is 1. The molecule has 0 spiro atoms. The largest absolute Gasteiger partial charge is 0.463 e. The van der Waals surface area contributed by atoms with Gasteiger partial charge in [-0.2, -0.15) is 5.10 Å². The number of hydrazone groups is 1. The molecule has 0 fully saturated rings. The van der Waals surface area contributed by atoms with Gasteiger partial charge in [-0.05, 0) is 31.2 Å². The molecule has 0 aliphatic heterocycles. The molecule has 0 unspecified atom stereocenters. The summed E-state index contributed by atoms with van der Waals surface area (Å²) in [5, 5.41) is 5.83. The molecule has 0 saturated carbocycles. The number of fused-ring (bicyclic) bond motifs is 2. The van der Waals surface area contributed by atoms with Gasteiger partial charge in [-0.3, -0.25) is 10.2 Å². The van der Waals surface area contributed by atoms with Gasteiger partial charge in [0.05, 0.1) is 26.9 Å². The lowest BCUT2D eigenvalue weighted by molar-refractivity contribution is 0.601. The number of hydrogen-bond donors (Lipinski definition) is 1. The van der Waals surface area contributed by atoms with E-state index in [1.165, 1.54) is 23.8 Å². The average Bonchev–Trinajstić information content (AvgIpc) is 3.02. The number of hydrogen-bond acceptors (Lipinski definition) is 6. The van der Waals surface area contributed by atoms with Crippen molar-refractivity contribution in [2.24, 2.45) is 5.10 Å². The van der Waals surface area contributed by atoms with Crippen molar-refractivity contribution >= 4 is 55.5 Å². The van der Waals surface area contributed by atoms with Crippen LogP contribution >= 0.6 is 22.9 Å². The fraction of sp³-hybridized carbons (Fsp3) is 0.0556. The van der Waals surface area contributed by atoms with Gasteiger partial charge in [-0.1, -0.05) is 40.6 Å². The van der Waals surface area contributed by atoms with Crippen molar-refractivity contribution < 1.29 is 4.42 Å². The first-order valence-electron chi connectivity index (χ1n) is 7.48. The van der Waals surface area contributed by atoms with E-state index in [0.717, 1.165) is 15.8 Å². The summed E-state index contributed by atoms with van der Waals surface area (Å²) in [5.74, 6) is 0. The van der Waals surface area contributed by atoms with Gasteiger partial charge in [0, 0.05) is 0 Å². The number of para-hydroxylation sites is 1. The quantitative estimate of drug-likeness (QED) is 0.415. The van der Waals surface area contributed by atoms with E-state index in [-0.39, 0.29) is 5.43 Å². The zero-order valence-electron chi connectivity index (χ0n) is 13.1. The van der Waals surface area contributed by atoms with Gasteiger partial charge in [0.1, 0.15) is 17.4 Å². The molecule has 7 heteroatoms. The molecular formula is C18H12ClN3O2S. The van der Waals surface area contributed by atoms with E-state index in [0.29, 0.717) is 26.7 Å². The molecule has 2 aromatic carbocycles. The number of halogens is 1. The van der Waals surface area contributed by atoms with E-state index in [1.807, 2.05) is 31.2 Å². The van der Waals surface area contributed by atoms with Crippen molar-refractivity contribution in [1.82, 2.24) is 4.98 Å². The first kappa shape index (κ1) is 15.8. The highest BCUT2D eigenvalue weighted by atomic mass is 35.5. The van der Waals surface area contributed by atoms with Crippen LogP contribution in [0.4, 0.5) is 5.13 Å². The fourth-order valence-corrected chi connectivity index (χ4v) is 3.58. The number of nitrogens with one attached hydrogen (secondary N) is 1. The predicted molar refractivity (Wildman–Crippen MR) is 103 cm³/mol. The minimum absolute atomic E-state index is 0.122. The number of aromatic nitrogens is 1. The Hall–Kier alpha value is -2.70. The Bertz CT molecular complexity index is 1180. The van der Waals surface area contributed by atoms with Gasteiger partial charge in [-0.15, -0.1) is 0 Å². The van der Waals surface area contributed by atoms with Crippen LogP contribution in [0, 0.1) is 6.92 Å². The van der Waals surface area contributed by atoms with Crippen molar-refractivity contribution in [2.45, 2.75) is 6.92 Å². The smallest absolute Gasteiger partial charge is 0.204 e. The molecule has 5 nitrogen and oxygen atoms in total. The maximum atomic E-state index is 12.5. The molecule has 25 heavy (non-hydrogen) atoms. The van der Waals surface area contributed by atoms with Crippen molar-refractivity contribution in [3.05, 3.63) is 69.0 Å². The molecule has 4 aromatic rings. The van der Waals surface area contributed by atoms with E-state index < -0.39 is 0 Å². The van der Waals surface area contributed by atoms with E-state index in [9.17, 15) is 4.79 Å². The Labute approximate surface area is 151 Å². The molecule has 2 aromatic heterocycles. The second kappa shape index (κ2) is 6.31. The van der Waals surface area contributed by atoms with E-state index in [4.69, 9.17) is 16.0 Å². The van der Waals surface area contributed by atoms with Crippen LogP contribution in [0.2, 0.25) is 5.02 Å². The molecule has 4 rings (SSSR count). The van der Waals surface area contributed by atoms with Crippen LogP contribution in [0.3, 0.4) is 0 Å². The van der Waals surface area contributed by atoms with Gasteiger partial charge in [0.15, 0.2) is 0 Å². The first-order valence-corrected chi connectivity index (χ1v) is 8.67. The van der Waals surface area contributed by atoms with Crippen molar-refractivity contribution in [3.63, 3.8) is 0 Å². The zero-order chi connectivity index (χ0) is 17.4. The number of rotatable bonds is 3. The third-order valence-electron chi connectivity index (χ3n) is 3.69. The minimum atomic E-state index is -0.122. The molecule has 0 amide bonds. The number of anilines is 1. The molecule has 0 saturated heterocycles. The lowest BCUT2D eigenvalue weighted by Gasteiger charge is -1.99. The standard InChI is InChI=1S/C18H12ClN3O2S/c1-10-5-6-14-12(7-10)17(23)11(9-24-14)8-20-22-18-21-16-13(19)3-2-4-15(16)25-18/h2-9H,1H3,(H,21,22). The van der Waals surface area contributed by atoms with Crippen LogP contribution in [0.25, 0.3) is 21.2 Å². The van der Waals surface area contributed by atoms with Crippen LogP contribution in [0.5, 0.6) is 0 Å². The maximum absolute atomic E-state index is 12.5. The van der Waals surface area contributed by atoms with Gasteiger partial charge in [0.2, 0.25) is 10.6 Å². The molecule has 0 radical (unpaired) electrons. The van der Waals surface area contributed by atoms with Crippen molar-refractivity contribution in [3.8, 4) is 0 Å².